The molecule has 1 fully saturated rings. The van der Waals surface area contributed by atoms with E-state index in [0.29, 0.717) is 24.7 Å². The van der Waals surface area contributed by atoms with Crippen molar-refractivity contribution >= 4 is 23.5 Å². The van der Waals surface area contributed by atoms with Crippen molar-refractivity contribution in [1.29, 1.82) is 0 Å². The second kappa shape index (κ2) is 6.61. The molecule has 20 heavy (non-hydrogen) atoms. The van der Waals surface area contributed by atoms with Crippen molar-refractivity contribution in [2.45, 2.75) is 19.4 Å². The van der Waals surface area contributed by atoms with Gasteiger partial charge in [0.05, 0.1) is 5.92 Å². The van der Waals surface area contributed by atoms with Gasteiger partial charge in [-0.1, -0.05) is 29.8 Å². The zero-order valence-corrected chi connectivity index (χ0v) is 11.9. The highest BCUT2D eigenvalue weighted by atomic mass is 35.5. The summed E-state index contributed by atoms with van der Waals surface area (Å²) in [4.78, 5) is 24.8. The molecule has 0 unspecified atom stereocenters. The lowest BCUT2D eigenvalue weighted by Crippen LogP contribution is -2.47. The molecule has 108 valence electrons. The van der Waals surface area contributed by atoms with Gasteiger partial charge in [-0.15, -0.1) is 0 Å². The zero-order chi connectivity index (χ0) is 14.5. The number of carbonyl (C=O) groups excluding carboxylic acids is 2. The lowest BCUT2D eigenvalue weighted by molar-refractivity contribution is -0.126. The van der Waals surface area contributed by atoms with Crippen LogP contribution in [-0.2, 0) is 11.3 Å². The molecule has 1 aliphatic heterocycles. The van der Waals surface area contributed by atoms with E-state index < -0.39 is 6.03 Å². The molecule has 2 rings (SSSR count). The maximum absolute atomic E-state index is 12.1. The summed E-state index contributed by atoms with van der Waals surface area (Å²) in [6, 6.07) is 6.92. The predicted octanol–water partition coefficient (Wildman–Crippen LogP) is 1.75. The van der Waals surface area contributed by atoms with E-state index in [0.717, 1.165) is 18.4 Å². The van der Waals surface area contributed by atoms with Crippen LogP contribution in [0.3, 0.4) is 0 Å². The van der Waals surface area contributed by atoms with Gasteiger partial charge in [-0.2, -0.15) is 0 Å². The minimum Gasteiger partial charge on any atom is -0.352 e. The Balaban J connectivity index is 1.89. The zero-order valence-electron chi connectivity index (χ0n) is 11.1. The van der Waals surface area contributed by atoms with Crippen LogP contribution in [0.1, 0.15) is 18.4 Å². The number of amides is 3. The molecule has 0 spiro atoms. The van der Waals surface area contributed by atoms with Crippen LogP contribution in [0.15, 0.2) is 24.3 Å². The standard InChI is InChI=1S/C14H18ClN3O2/c15-12-6-2-1-4-10(12)8-17-13(19)11-5-3-7-18(9-11)14(16)20/h1-2,4,6,11H,3,5,7-9H2,(H2,16,20)(H,17,19)/t11-/m0/s1. The molecule has 3 N–H and O–H groups in total. The van der Waals surface area contributed by atoms with Gasteiger partial charge in [-0.25, -0.2) is 4.79 Å². The Kier molecular flexibility index (Phi) is 4.84. The van der Waals surface area contributed by atoms with Crippen molar-refractivity contribution in [3.05, 3.63) is 34.9 Å². The first-order valence-corrected chi connectivity index (χ1v) is 7.01. The van der Waals surface area contributed by atoms with Crippen LogP contribution in [-0.4, -0.2) is 29.9 Å². The number of rotatable bonds is 3. The first-order chi connectivity index (χ1) is 9.58. The van der Waals surface area contributed by atoms with Gasteiger partial charge < -0.3 is 16.0 Å². The Morgan fingerprint density at radius 2 is 2.15 bits per heavy atom. The largest absolute Gasteiger partial charge is 0.352 e. The average Bonchev–Trinajstić information content (AvgIpc) is 2.46. The van der Waals surface area contributed by atoms with Gasteiger partial charge in [-0.3, -0.25) is 4.79 Å². The minimum atomic E-state index is -0.464. The number of likely N-dealkylation sites (tertiary alicyclic amines) is 1. The molecular weight excluding hydrogens is 278 g/mol. The third-order valence-corrected chi connectivity index (χ3v) is 3.88. The summed E-state index contributed by atoms with van der Waals surface area (Å²) in [5.74, 6) is -0.255. The van der Waals surface area contributed by atoms with E-state index in [1.807, 2.05) is 18.2 Å². The first-order valence-electron chi connectivity index (χ1n) is 6.63. The van der Waals surface area contributed by atoms with Gasteiger partial charge in [-0.05, 0) is 24.5 Å². The molecular formula is C14H18ClN3O2. The van der Waals surface area contributed by atoms with Crippen molar-refractivity contribution in [2.75, 3.05) is 13.1 Å². The molecule has 1 atom stereocenters. The van der Waals surface area contributed by atoms with Crippen LogP contribution in [0.25, 0.3) is 0 Å². The fraction of sp³-hybridized carbons (Fsp3) is 0.429. The number of hydrogen-bond donors (Lipinski definition) is 2. The van der Waals surface area contributed by atoms with Gasteiger partial charge >= 0.3 is 6.03 Å². The van der Waals surface area contributed by atoms with E-state index in [9.17, 15) is 9.59 Å². The number of carbonyl (C=O) groups is 2. The van der Waals surface area contributed by atoms with Crippen LogP contribution in [0, 0.1) is 5.92 Å². The highest BCUT2D eigenvalue weighted by Crippen LogP contribution is 2.18. The number of primary amides is 1. The van der Waals surface area contributed by atoms with E-state index >= 15 is 0 Å². The Labute approximate surface area is 123 Å². The molecule has 0 radical (unpaired) electrons. The summed E-state index contributed by atoms with van der Waals surface area (Å²) in [7, 11) is 0. The molecule has 5 nitrogen and oxygen atoms in total. The number of hydrogen-bond acceptors (Lipinski definition) is 2. The van der Waals surface area contributed by atoms with Crippen LogP contribution in [0.4, 0.5) is 4.79 Å². The topological polar surface area (TPSA) is 75.4 Å². The van der Waals surface area contributed by atoms with Crippen molar-refractivity contribution in [3.8, 4) is 0 Å². The number of halogens is 1. The number of urea groups is 1. The Morgan fingerprint density at radius 3 is 2.85 bits per heavy atom. The molecule has 0 saturated carbocycles. The van der Waals surface area contributed by atoms with E-state index in [1.165, 1.54) is 4.90 Å². The Hall–Kier alpha value is -1.75. The SMILES string of the molecule is NC(=O)N1CCC[C@H](C(=O)NCc2ccccc2Cl)C1. The van der Waals surface area contributed by atoms with Crippen LogP contribution in [0.5, 0.6) is 0 Å². The molecule has 6 heteroatoms. The Morgan fingerprint density at radius 1 is 1.40 bits per heavy atom. The predicted molar refractivity (Wildman–Crippen MR) is 77.2 cm³/mol. The monoisotopic (exact) mass is 295 g/mol. The van der Waals surface area contributed by atoms with Crippen molar-refractivity contribution in [1.82, 2.24) is 10.2 Å². The second-order valence-corrected chi connectivity index (χ2v) is 5.34. The van der Waals surface area contributed by atoms with Gasteiger partial charge in [0.25, 0.3) is 0 Å². The quantitative estimate of drug-likeness (QED) is 0.891. The van der Waals surface area contributed by atoms with Gasteiger partial charge in [0.15, 0.2) is 0 Å². The molecule has 1 aromatic carbocycles. The molecule has 1 saturated heterocycles. The first kappa shape index (κ1) is 14.7. The highest BCUT2D eigenvalue weighted by molar-refractivity contribution is 6.31. The number of piperidine rings is 1. The van der Waals surface area contributed by atoms with Gasteiger partial charge in [0.2, 0.25) is 5.91 Å². The summed E-state index contributed by atoms with van der Waals surface area (Å²) in [5.41, 5.74) is 6.13. The summed E-state index contributed by atoms with van der Waals surface area (Å²) in [6.45, 7) is 1.42. The Bertz CT molecular complexity index is 507. The third kappa shape index (κ3) is 3.63. The molecule has 3 amide bonds. The maximum atomic E-state index is 12.1. The van der Waals surface area contributed by atoms with Crippen LogP contribution < -0.4 is 11.1 Å². The third-order valence-electron chi connectivity index (χ3n) is 3.51. The van der Waals surface area contributed by atoms with E-state index in [4.69, 9.17) is 17.3 Å². The smallest absolute Gasteiger partial charge is 0.314 e. The molecule has 1 aromatic rings. The molecule has 0 bridgehead atoms. The molecule has 0 aromatic heterocycles. The minimum absolute atomic E-state index is 0.0594. The molecule has 1 heterocycles. The van der Waals surface area contributed by atoms with Crippen molar-refractivity contribution < 1.29 is 9.59 Å². The van der Waals surface area contributed by atoms with Crippen LogP contribution in [0.2, 0.25) is 5.02 Å². The van der Waals surface area contributed by atoms with Crippen molar-refractivity contribution in [3.63, 3.8) is 0 Å². The van der Waals surface area contributed by atoms with E-state index in [1.54, 1.807) is 6.07 Å². The lowest BCUT2D eigenvalue weighted by atomic mass is 9.97. The van der Waals surface area contributed by atoms with Crippen molar-refractivity contribution in [2.24, 2.45) is 11.7 Å². The second-order valence-electron chi connectivity index (χ2n) is 4.93. The maximum Gasteiger partial charge on any atom is 0.314 e. The summed E-state index contributed by atoms with van der Waals surface area (Å²) in [5, 5.41) is 3.50. The van der Waals surface area contributed by atoms with Gasteiger partial charge in [0.1, 0.15) is 0 Å². The lowest BCUT2D eigenvalue weighted by Gasteiger charge is -2.30. The van der Waals surface area contributed by atoms with E-state index in [2.05, 4.69) is 5.32 Å². The summed E-state index contributed by atoms with van der Waals surface area (Å²) >= 11 is 6.04. The normalized spacial score (nSPS) is 18.6. The fourth-order valence-corrected chi connectivity index (χ4v) is 2.56. The van der Waals surface area contributed by atoms with Gasteiger partial charge in [0, 0.05) is 24.7 Å². The molecule has 0 aliphatic carbocycles. The highest BCUT2D eigenvalue weighted by Gasteiger charge is 2.27. The average molecular weight is 296 g/mol. The summed E-state index contributed by atoms with van der Waals surface area (Å²) in [6.07, 6.45) is 1.57. The number of nitrogens with zero attached hydrogens (tertiary/aromatic N) is 1. The van der Waals surface area contributed by atoms with E-state index in [-0.39, 0.29) is 11.8 Å². The molecule has 1 aliphatic rings. The number of nitrogens with two attached hydrogens (primary N) is 1. The number of nitrogens with one attached hydrogen (secondary N) is 1. The fourth-order valence-electron chi connectivity index (χ4n) is 2.36. The number of benzene rings is 1. The van der Waals surface area contributed by atoms with Crippen LogP contribution >= 0.6 is 11.6 Å². The summed E-state index contributed by atoms with van der Waals surface area (Å²) < 4.78 is 0.